The molecule has 7 heteroatoms. The molecule has 1 aliphatic rings. The number of nitrogens with one attached hydrogen (secondary N) is 1. The standard InChI is InChI=1S/C28H28N2O4S/c1-20-10-14-24(15-11-20)26-21(2)28(32)30(35(26,33)34)19-23-12-16-25(17-13-23)27(31)29-18-6-9-22-7-4-3-5-8-22/h3-5,7-8,10-17H,6,9,18-19H2,1-2H3,(H,29,31). The summed E-state index contributed by atoms with van der Waals surface area (Å²) in [7, 11) is -3.97. The molecule has 0 saturated carbocycles. The van der Waals surface area contributed by atoms with Gasteiger partial charge in [-0.1, -0.05) is 72.3 Å². The lowest BCUT2D eigenvalue weighted by Gasteiger charge is -2.17. The van der Waals surface area contributed by atoms with Gasteiger partial charge < -0.3 is 5.32 Å². The van der Waals surface area contributed by atoms with Gasteiger partial charge in [0.2, 0.25) is 0 Å². The highest BCUT2D eigenvalue weighted by atomic mass is 32.2. The Bertz CT molecular complexity index is 1360. The van der Waals surface area contributed by atoms with Gasteiger partial charge in [0.05, 0.1) is 6.54 Å². The Morgan fingerprint density at radius 2 is 1.51 bits per heavy atom. The third kappa shape index (κ3) is 5.35. The molecular formula is C28H28N2O4S. The van der Waals surface area contributed by atoms with Gasteiger partial charge in [0.15, 0.2) is 0 Å². The third-order valence-electron chi connectivity index (χ3n) is 6.06. The molecule has 0 bridgehead atoms. The fourth-order valence-corrected chi connectivity index (χ4v) is 5.90. The number of benzene rings is 3. The number of hydrogen-bond acceptors (Lipinski definition) is 4. The molecule has 3 aromatic carbocycles. The smallest absolute Gasteiger partial charge is 0.268 e. The van der Waals surface area contributed by atoms with Gasteiger partial charge >= 0.3 is 0 Å². The first-order chi connectivity index (χ1) is 16.8. The molecule has 0 radical (unpaired) electrons. The summed E-state index contributed by atoms with van der Waals surface area (Å²) in [4.78, 5) is 25.3. The number of carbonyl (C=O) groups excluding carboxylic acids is 2. The van der Waals surface area contributed by atoms with Gasteiger partial charge in [0.25, 0.3) is 21.8 Å². The van der Waals surface area contributed by atoms with E-state index in [4.69, 9.17) is 0 Å². The zero-order valence-electron chi connectivity index (χ0n) is 19.8. The van der Waals surface area contributed by atoms with Crippen molar-refractivity contribution in [2.45, 2.75) is 33.2 Å². The van der Waals surface area contributed by atoms with Gasteiger partial charge in [-0.3, -0.25) is 9.59 Å². The summed E-state index contributed by atoms with van der Waals surface area (Å²) in [6.07, 6.45) is 1.72. The SMILES string of the molecule is CC1=C(c2ccc(C)cc2)S(=O)(=O)N(Cc2ccc(C(=O)NCCCc3ccccc3)cc2)C1=O. The lowest BCUT2D eigenvalue weighted by molar-refractivity contribution is -0.122. The summed E-state index contributed by atoms with van der Waals surface area (Å²) < 4.78 is 27.3. The normalized spacial score (nSPS) is 14.9. The predicted octanol–water partition coefficient (Wildman–Crippen LogP) is 4.46. The lowest BCUT2D eigenvalue weighted by atomic mass is 10.1. The van der Waals surface area contributed by atoms with Crippen molar-refractivity contribution in [3.8, 4) is 0 Å². The van der Waals surface area contributed by atoms with Crippen LogP contribution >= 0.6 is 0 Å². The summed E-state index contributed by atoms with van der Waals surface area (Å²) in [5.74, 6) is -0.713. The molecule has 6 nitrogen and oxygen atoms in total. The van der Waals surface area contributed by atoms with Crippen LogP contribution in [0.25, 0.3) is 4.91 Å². The summed E-state index contributed by atoms with van der Waals surface area (Å²) in [5.41, 5.74) is 4.06. The van der Waals surface area contributed by atoms with Gasteiger partial charge in [-0.05, 0) is 55.5 Å². The van der Waals surface area contributed by atoms with E-state index in [2.05, 4.69) is 17.4 Å². The van der Waals surface area contributed by atoms with Gasteiger partial charge in [-0.2, -0.15) is 0 Å². The molecule has 2 amide bonds. The molecular weight excluding hydrogens is 460 g/mol. The number of sulfonamides is 1. The molecule has 1 N–H and O–H groups in total. The second kappa shape index (κ2) is 10.3. The highest BCUT2D eigenvalue weighted by molar-refractivity contribution is 7.99. The number of hydrogen-bond donors (Lipinski definition) is 1. The topological polar surface area (TPSA) is 83.6 Å². The Morgan fingerprint density at radius 3 is 2.17 bits per heavy atom. The fourth-order valence-electron chi connectivity index (χ4n) is 4.09. The van der Waals surface area contributed by atoms with Gasteiger partial charge in [0, 0.05) is 17.7 Å². The molecule has 1 aliphatic heterocycles. The fraction of sp³-hybridized carbons (Fsp3) is 0.214. The number of amides is 2. The van der Waals surface area contributed by atoms with E-state index in [0.717, 1.165) is 22.7 Å². The van der Waals surface area contributed by atoms with E-state index in [9.17, 15) is 18.0 Å². The third-order valence-corrected chi connectivity index (χ3v) is 8.00. The van der Waals surface area contributed by atoms with Crippen molar-refractivity contribution in [2.24, 2.45) is 0 Å². The predicted molar refractivity (Wildman–Crippen MR) is 137 cm³/mol. The first kappa shape index (κ1) is 24.4. The Balaban J connectivity index is 1.38. The van der Waals surface area contributed by atoms with E-state index in [1.807, 2.05) is 37.3 Å². The maximum Gasteiger partial charge on any atom is 0.268 e. The van der Waals surface area contributed by atoms with E-state index in [1.54, 1.807) is 43.3 Å². The van der Waals surface area contributed by atoms with Crippen LogP contribution in [0.3, 0.4) is 0 Å². The largest absolute Gasteiger partial charge is 0.352 e. The minimum atomic E-state index is -3.97. The molecule has 0 spiro atoms. The van der Waals surface area contributed by atoms with Crippen LogP contribution in [0.2, 0.25) is 0 Å². The second-order valence-electron chi connectivity index (χ2n) is 8.68. The quantitative estimate of drug-likeness (QED) is 0.475. The van der Waals surface area contributed by atoms with Crippen molar-refractivity contribution in [3.63, 3.8) is 0 Å². The Labute approximate surface area is 206 Å². The van der Waals surface area contributed by atoms with Crippen molar-refractivity contribution in [2.75, 3.05) is 6.54 Å². The minimum Gasteiger partial charge on any atom is -0.352 e. The Morgan fingerprint density at radius 1 is 0.857 bits per heavy atom. The van der Waals surface area contributed by atoms with Gasteiger partial charge in [0.1, 0.15) is 4.91 Å². The van der Waals surface area contributed by atoms with Crippen LogP contribution in [0, 0.1) is 6.92 Å². The van der Waals surface area contributed by atoms with E-state index >= 15 is 0 Å². The number of nitrogens with zero attached hydrogens (tertiary/aromatic N) is 1. The molecule has 3 aromatic rings. The number of aryl methyl sites for hydroxylation is 2. The van der Waals surface area contributed by atoms with Crippen LogP contribution in [0.1, 0.15) is 46.0 Å². The number of rotatable bonds is 8. The molecule has 0 fully saturated rings. The Hall–Kier alpha value is -3.71. The first-order valence-corrected chi connectivity index (χ1v) is 13.0. The molecule has 1 heterocycles. The van der Waals surface area contributed by atoms with Gasteiger partial charge in [-0.25, -0.2) is 12.7 Å². The van der Waals surface area contributed by atoms with Gasteiger partial charge in [-0.15, -0.1) is 0 Å². The zero-order chi connectivity index (χ0) is 25.0. The Kier molecular flexibility index (Phi) is 7.17. The molecule has 0 aromatic heterocycles. The van der Waals surface area contributed by atoms with E-state index in [-0.39, 0.29) is 22.9 Å². The van der Waals surface area contributed by atoms with E-state index in [0.29, 0.717) is 23.2 Å². The van der Waals surface area contributed by atoms with Crippen molar-refractivity contribution >= 4 is 26.7 Å². The van der Waals surface area contributed by atoms with Crippen LogP contribution in [-0.2, 0) is 27.8 Å². The highest BCUT2D eigenvalue weighted by Crippen LogP contribution is 2.36. The highest BCUT2D eigenvalue weighted by Gasteiger charge is 2.42. The summed E-state index contributed by atoms with van der Waals surface area (Å²) in [6.45, 7) is 3.93. The van der Waals surface area contributed by atoms with Crippen molar-refractivity contribution in [3.05, 3.63) is 112 Å². The average Bonchev–Trinajstić information content (AvgIpc) is 3.02. The first-order valence-electron chi connectivity index (χ1n) is 11.5. The van der Waals surface area contributed by atoms with Crippen LogP contribution in [0.4, 0.5) is 0 Å². The van der Waals surface area contributed by atoms with E-state index < -0.39 is 15.9 Å². The molecule has 0 unspecified atom stereocenters. The maximum atomic E-state index is 13.2. The molecule has 0 atom stereocenters. The molecule has 0 aliphatic carbocycles. The van der Waals surface area contributed by atoms with Crippen molar-refractivity contribution < 1.29 is 18.0 Å². The molecule has 35 heavy (non-hydrogen) atoms. The van der Waals surface area contributed by atoms with E-state index in [1.165, 1.54) is 5.56 Å². The van der Waals surface area contributed by atoms with Crippen LogP contribution in [-0.4, -0.2) is 31.1 Å². The summed E-state index contributed by atoms with van der Waals surface area (Å²) in [5, 5.41) is 2.91. The van der Waals surface area contributed by atoms with Crippen molar-refractivity contribution in [1.29, 1.82) is 0 Å². The molecule has 180 valence electrons. The summed E-state index contributed by atoms with van der Waals surface area (Å²) in [6, 6.07) is 23.8. The maximum absolute atomic E-state index is 13.2. The summed E-state index contributed by atoms with van der Waals surface area (Å²) >= 11 is 0. The number of carbonyl (C=O) groups is 2. The molecule has 4 rings (SSSR count). The molecule has 0 saturated heterocycles. The minimum absolute atomic E-state index is 0.0500. The van der Waals surface area contributed by atoms with Crippen LogP contribution in [0.5, 0.6) is 0 Å². The monoisotopic (exact) mass is 488 g/mol. The van der Waals surface area contributed by atoms with Crippen LogP contribution in [0.15, 0.2) is 84.4 Å². The lowest BCUT2D eigenvalue weighted by Crippen LogP contribution is -2.31. The average molecular weight is 489 g/mol. The zero-order valence-corrected chi connectivity index (χ0v) is 20.6. The van der Waals surface area contributed by atoms with Crippen molar-refractivity contribution in [1.82, 2.24) is 9.62 Å². The second-order valence-corrected chi connectivity index (χ2v) is 10.5. The van der Waals surface area contributed by atoms with Crippen LogP contribution < -0.4 is 5.32 Å².